The summed E-state index contributed by atoms with van der Waals surface area (Å²) in [5.74, 6) is -1.41. The van der Waals surface area contributed by atoms with E-state index in [0.717, 1.165) is 27.8 Å². The van der Waals surface area contributed by atoms with Crippen molar-refractivity contribution >= 4 is 27.6 Å². The van der Waals surface area contributed by atoms with Crippen molar-refractivity contribution in [3.63, 3.8) is 0 Å². The lowest BCUT2D eigenvalue weighted by Crippen LogP contribution is -2.44. The molecule has 0 saturated heterocycles. The van der Waals surface area contributed by atoms with Gasteiger partial charge in [0, 0.05) is 22.7 Å². The quantitative estimate of drug-likeness (QED) is 0.240. The Morgan fingerprint density at radius 2 is 1.56 bits per heavy atom. The summed E-state index contributed by atoms with van der Waals surface area (Å²) in [5.41, 5.74) is 5.03. The summed E-state index contributed by atoms with van der Waals surface area (Å²) in [6, 6.07) is 19.7. The molecule has 1 aliphatic rings. The van der Waals surface area contributed by atoms with Gasteiger partial charge in [-0.15, -0.1) is 0 Å². The van der Waals surface area contributed by atoms with E-state index in [-0.39, 0.29) is 16.7 Å². The number of ether oxygens (including phenoxy) is 1. The second-order valence-electron chi connectivity index (χ2n) is 10.3. The van der Waals surface area contributed by atoms with Crippen LogP contribution in [-0.4, -0.2) is 37.5 Å². The van der Waals surface area contributed by atoms with Crippen molar-refractivity contribution in [3.05, 3.63) is 90.9 Å². The first-order valence-electron chi connectivity index (χ1n) is 13.1. The minimum absolute atomic E-state index is 0.0281. The summed E-state index contributed by atoms with van der Waals surface area (Å²) < 4.78 is 38.9. The predicted octanol–water partition coefficient (Wildman–Crippen LogP) is 5.50. The van der Waals surface area contributed by atoms with E-state index < -0.39 is 34.1 Å². The molecule has 1 aromatic heterocycles. The first-order valence-corrected chi connectivity index (χ1v) is 14.6. The fourth-order valence-corrected chi connectivity index (χ4v) is 6.29. The molecule has 9 nitrogen and oxygen atoms in total. The van der Waals surface area contributed by atoms with Gasteiger partial charge in [0.2, 0.25) is 10.0 Å². The zero-order chi connectivity index (χ0) is 29.3. The number of benzene rings is 3. The predicted molar refractivity (Wildman–Crippen MR) is 154 cm³/mol. The van der Waals surface area contributed by atoms with Crippen molar-refractivity contribution in [1.29, 1.82) is 0 Å². The number of sulfonamides is 1. The number of rotatable bonds is 9. The van der Waals surface area contributed by atoms with Gasteiger partial charge in [0.05, 0.1) is 17.4 Å². The summed E-state index contributed by atoms with van der Waals surface area (Å²) in [6.07, 6.45) is 2.58. The smallest absolute Gasteiger partial charge is 0.322 e. The zero-order valence-corrected chi connectivity index (χ0v) is 23.5. The van der Waals surface area contributed by atoms with Gasteiger partial charge in [-0.2, -0.15) is 4.72 Å². The number of anilines is 1. The summed E-state index contributed by atoms with van der Waals surface area (Å²) in [5, 5.41) is 12.3. The molecule has 3 aromatic carbocycles. The molecule has 2 heterocycles. The van der Waals surface area contributed by atoms with Crippen molar-refractivity contribution in [2.24, 2.45) is 5.92 Å². The van der Waals surface area contributed by atoms with Gasteiger partial charge in [-0.25, -0.2) is 8.42 Å². The van der Waals surface area contributed by atoms with Crippen LogP contribution in [0.15, 0.2) is 94.6 Å². The molecule has 3 N–H and O–H groups in total. The monoisotopic (exact) mass is 574 g/mol. The van der Waals surface area contributed by atoms with Crippen LogP contribution in [0.25, 0.3) is 22.3 Å². The van der Waals surface area contributed by atoms with E-state index in [9.17, 15) is 23.1 Å². The Hall–Kier alpha value is -4.41. The van der Waals surface area contributed by atoms with Crippen LogP contribution in [-0.2, 0) is 19.6 Å². The van der Waals surface area contributed by atoms with Crippen molar-refractivity contribution in [2.45, 2.75) is 43.7 Å². The second-order valence-corrected chi connectivity index (χ2v) is 12.0. The summed E-state index contributed by atoms with van der Waals surface area (Å²) in [4.78, 5) is 24.6. The van der Waals surface area contributed by atoms with Gasteiger partial charge >= 0.3 is 5.97 Å². The van der Waals surface area contributed by atoms with Crippen LogP contribution in [0.5, 0.6) is 5.75 Å². The van der Waals surface area contributed by atoms with Gasteiger partial charge in [0.15, 0.2) is 6.10 Å². The van der Waals surface area contributed by atoms with Crippen molar-refractivity contribution in [2.75, 3.05) is 5.32 Å². The van der Waals surface area contributed by atoms with E-state index in [1.807, 2.05) is 43.3 Å². The summed E-state index contributed by atoms with van der Waals surface area (Å²) in [7, 11) is -4.01. The highest BCUT2D eigenvalue weighted by Gasteiger charge is 2.38. The van der Waals surface area contributed by atoms with Crippen LogP contribution < -0.4 is 14.8 Å². The average Bonchev–Trinajstić information content (AvgIpc) is 3.60. The molecular formula is C31H30N2O7S. The number of hydrogen-bond acceptors (Lipinski definition) is 6. The van der Waals surface area contributed by atoms with Crippen molar-refractivity contribution < 1.29 is 32.3 Å². The Kier molecular flexibility index (Phi) is 7.70. The largest absolute Gasteiger partial charge is 0.480 e. The summed E-state index contributed by atoms with van der Waals surface area (Å²) >= 11 is 0. The van der Waals surface area contributed by atoms with Crippen molar-refractivity contribution in [1.82, 2.24) is 4.72 Å². The molecule has 212 valence electrons. The number of carbonyl (C=O) groups is 2. The Labute approximate surface area is 238 Å². The molecule has 0 spiro atoms. The van der Waals surface area contributed by atoms with E-state index >= 15 is 0 Å². The second kappa shape index (κ2) is 11.2. The number of carboxylic acids is 1. The topological polar surface area (TPSA) is 135 Å². The average molecular weight is 575 g/mol. The normalized spacial score (nSPS) is 17.1. The van der Waals surface area contributed by atoms with E-state index in [0.29, 0.717) is 11.4 Å². The van der Waals surface area contributed by atoms with E-state index in [4.69, 9.17) is 9.15 Å². The molecule has 10 heteroatoms. The molecular weight excluding hydrogens is 544 g/mol. The molecule has 0 bridgehead atoms. The summed E-state index contributed by atoms with van der Waals surface area (Å²) in [6.45, 7) is 5.23. The molecule has 0 fully saturated rings. The molecule has 1 amide bonds. The Morgan fingerprint density at radius 3 is 2.15 bits per heavy atom. The van der Waals surface area contributed by atoms with Gasteiger partial charge < -0.3 is 19.6 Å². The van der Waals surface area contributed by atoms with Gasteiger partial charge in [0.25, 0.3) is 5.91 Å². The third kappa shape index (κ3) is 5.75. The van der Waals surface area contributed by atoms with Crippen LogP contribution >= 0.6 is 0 Å². The molecule has 5 rings (SSSR count). The molecule has 0 radical (unpaired) electrons. The minimum Gasteiger partial charge on any atom is -0.480 e. The number of aliphatic carboxylic acids is 1. The maximum Gasteiger partial charge on any atom is 0.322 e. The number of carbonyl (C=O) groups excluding carboxylic acids is 1. The first-order chi connectivity index (χ1) is 19.5. The maximum atomic E-state index is 13.2. The molecule has 1 aliphatic heterocycles. The fraction of sp³-hybridized carbons (Fsp3) is 0.226. The van der Waals surface area contributed by atoms with Gasteiger partial charge in [0.1, 0.15) is 11.8 Å². The number of fused-ring (bicyclic) bond motifs is 1. The number of amides is 1. The molecule has 41 heavy (non-hydrogen) atoms. The SMILES string of the molecule is CC1c2c(cccc2-c2ccoc2)OC1C(=O)Nc1ccc(-c2ccc(S(=O)(=O)N[C@H](C(=O)O)C(C)C)cc2)cc1. The van der Waals surface area contributed by atoms with Gasteiger partial charge in [-0.05, 0) is 59.0 Å². The molecule has 2 unspecified atom stereocenters. The standard InChI is InChI=1S/C31H30N2O7S/c1-18(2)28(31(35)36)33-41(37,38)24-13-9-21(10-14-24)20-7-11-23(12-8-20)32-30(34)29-19(3)27-25(22-15-16-39-17-22)5-4-6-26(27)40-29/h4-19,28-29,33H,1-3H3,(H,32,34)(H,35,36)/t19?,28-,29?/m0/s1. The number of furan rings is 1. The lowest BCUT2D eigenvalue weighted by Gasteiger charge is -2.18. The third-order valence-corrected chi connectivity index (χ3v) is 8.64. The Balaban J connectivity index is 1.26. The Morgan fingerprint density at radius 1 is 0.902 bits per heavy atom. The number of nitrogens with one attached hydrogen (secondary N) is 2. The lowest BCUT2D eigenvalue weighted by molar-refractivity contribution is -0.140. The third-order valence-electron chi connectivity index (χ3n) is 7.19. The maximum absolute atomic E-state index is 13.2. The van der Waals surface area contributed by atoms with E-state index in [1.165, 1.54) is 12.1 Å². The highest BCUT2D eigenvalue weighted by atomic mass is 32.2. The highest BCUT2D eigenvalue weighted by Crippen LogP contribution is 2.44. The minimum atomic E-state index is -4.01. The number of hydrogen-bond donors (Lipinski definition) is 3. The van der Waals surface area contributed by atoms with Gasteiger partial charge in [-0.3, -0.25) is 9.59 Å². The fourth-order valence-electron chi connectivity index (χ4n) is 4.95. The van der Waals surface area contributed by atoms with Crippen molar-refractivity contribution in [3.8, 4) is 28.0 Å². The molecule has 0 saturated carbocycles. The lowest BCUT2D eigenvalue weighted by atomic mass is 9.90. The van der Waals surface area contributed by atoms with Crippen LogP contribution in [0.3, 0.4) is 0 Å². The molecule has 4 aromatic rings. The highest BCUT2D eigenvalue weighted by molar-refractivity contribution is 7.89. The van der Waals surface area contributed by atoms with Crippen LogP contribution in [0, 0.1) is 5.92 Å². The molecule has 0 aliphatic carbocycles. The van der Waals surface area contributed by atoms with Crippen LogP contribution in [0.1, 0.15) is 32.3 Å². The zero-order valence-electron chi connectivity index (χ0n) is 22.7. The first kappa shape index (κ1) is 28.1. The number of carboxylic acid groups (broad SMARTS) is 1. The van der Waals surface area contributed by atoms with E-state index in [1.54, 1.807) is 50.6 Å². The Bertz CT molecular complexity index is 1660. The van der Waals surface area contributed by atoms with E-state index in [2.05, 4.69) is 10.0 Å². The van der Waals surface area contributed by atoms with Crippen LogP contribution in [0.2, 0.25) is 0 Å². The van der Waals surface area contributed by atoms with Crippen LogP contribution in [0.4, 0.5) is 5.69 Å². The molecule has 3 atom stereocenters. The van der Waals surface area contributed by atoms with Gasteiger partial charge in [-0.1, -0.05) is 57.2 Å².